The minimum Gasteiger partial charge on any atom is -0.497 e. The molecular weight excluding hydrogens is 250 g/mol. The van der Waals surface area contributed by atoms with Gasteiger partial charge in [-0.2, -0.15) is 0 Å². The number of fused-ring (bicyclic) bond motifs is 1. The van der Waals surface area contributed by atoms with Gasteiger partial charge < -0.3 is 15.0 Å². The predicted octanol–water partition coefficient (Wildman–Crippen LogP) is 2.32. The summed E-state index contributed by atoms with van der Waals surface area (Å²) >= 11 is 0. The molecule has 0 aliphatic heterocycles. The summed E-state index contributed by atoms with van der Waals surface area (Å²) in [6.45, 7) is 0.579. The number of methoxy groups -OCH3 is 1. The van der Waals surface area contributed by atoms with Crippen LogP contribution in [0.5, 0.6) is 5.75 Å². The first-order valence-electron chi connectivity index (χ1n) is 7.22. The van der Waals surface area contributed by atoms with Crippen LogP contribution in [0.2, 0.25) is 0 Å². The van der Waals surface area contributed by atoms with Crippen LogP contribution in [0.25, 0.3) is 0 Å². The maximum atomic E-state index is 6.02. The Labute approximate surface area is 119 Å². The zero-order valence-electron chi connectivity index (χ0n) is 11.9. The zero-order valence-corrected chi connectivity index (χ0v) is 11.9. The highest BCUT2D eigenvalue weighted by atomic mass is 16.5. The van der Waals surface area contributed by atoms with Gasteiger partial charge >= 0.3 is 0 Å². The Hall–Kier alpha value is -1.81. The van der Waals surface area contributed by atoms with Gasteiger partial charge in [0.15, 0.2) is 0 Å². The lowest BCUT2D eigenvalue weighted by Gasteiger charge is -2.22. The van der Waals surface area contributed by atoms with Crippen molar-refractivity contribution < 1.29 is 4.74 Å². The maximum absolute atomic E-state index is 6.02. The monoisotopic (exact) mass is 271 g/mol. The Bertz CT molecular complexity index is 574. The average Bonchev–Trinajstić information content (AvgIpc) is 2.93. The van der Waals surface area contributed by atoms with E-state index in [0.29, 0.717) is 6.54 Å². The van der Waals surface area contributed by atoms with E-state index >= 15 is 0 Å². The summed E-state index contributed by atoms with van der Waals surface area (Å²) in [5, 5.41) is 0. The fourth-order valence-electron chi connectivity index (χ4n) is 3.00. The average molecular weight is 271 g/mol. The first kappa shape index (κ1) is 13.2. The summed E-state index contributed by atoms with van der Waals surface area (Å²) in [6.07, 6.45) is 6.67. The van der Waals surface area contributed by atoms with Crippen molar-refractivity contribution in [3.05, 3.63) is 47.5 Å². The van der Waals surface area contributed by atoms with Crippen molar-refractivity contribution in [2.45, 2.75) is 31.7 Å². The quantitative estimate of drug-likeness (QED) is 0.928. The summed E-state index contributed by atoms with van der Waals surface area (Å²) in [5.74, 6) is 0.872. The zero-order chi connectivity index (χ0) is 13.9. The van der Waals surface area contributed by atoms with Gasteiger partial charge in [0.05, 0.1) is 25.2 Å². The standard InChI is InChI=1S/C16H21N3O/c1-20-13-8-6-12(7-9-13)16(10-17)19-11-18-14-4-2-3-5-15(14)19/h6-9,11,16H,2-5,10,17H2,1H3. The molecule has 2 aromatic rings. The largest absolute Gasteiger partial charge is 0.497 e. The van der Waals surface area contributed by atoms with Crippen LogP contribution in [0.15, 0.2) is 30.6 Å². The van der Waals surface area contributed by atoms with E-state index in [-0.39, 0.29) is 6.04 Å². The maximum Gasteiger partial charge on any atom is 0.118 e. The van der Waals surface area contributed by atoms with Gasteiger partial charge in [-0.1, -0.05) is 12.1 Å². The molecule has 0 bridgehead atoms. The van der Waals surface area contributed by atoms with Gasteiger partial charge in [0, 0.05) is 12.2 Å². The van der Waals surface area contributed by atoms with Crippen molar-refractivity contribution >= 4 is 0 Å². The lowest BCUT2D eigenvalue weighted by atomic mass is 9.99. The second kappa shape index (κ2) is 5.67. The highest BCUT2D eigenvalue weighted by Gasteiger charge is 2.20. The summed E-state index contributed by atoms with van der Waals surface area (Å²) in [5.41, 5.74) is 9.84. The van der Waals surface area contributed by atoms with Gasteiger partial charge in [-0.15, -0.1) is 0 Å². The molecule has 1 aromatic heterocycles. The molecule has 0 saturated heterocycles. The molecule has 1 heterocycles. The van der Waals surface area contributed by atoms with Crippen LogP contribution in [-0.4, -0.2) is 23.2 Å². The van der Waals surface area contributed by atoms with Crippen LogP contribution < -0.4 is 10.5 Å². The van der Waals surface area contributed by atoms with E-state index in [1.807, 2.05) is 18.5 Å². The third kappa shape index (κ3) is 2.31. The lowest BCUT2D eigenvalue weighted by Crippen LogP contribution is -2.22. The summed E-state index contributed by atoms with van der Waals surface area (Å²) in [4.78, 5) is 4.57. The molecule has 106 valence electrons. The Kier molecular flexibility index (Phi) is 3.74. The first-order valence-corrected chi connectivity index (χ1v) is 7.22. The minimum atomic E-state index is 0.162. The molecular formula is C16H21N3O. The number of hydrogen-bond donors (Lipinski definition) is 1. The molecule has 2 N–H and O–H groups in total. The summed E-state index contributed by atoms with van der Waals surface area (Å²) in [7, 11) is 1.68. The Morgan fingerprint density at radius 2 is 2.00 bits per heavy atom. The van der Waals surface area contributed by atoms with Gasteiger partial charge in [0.25, 0.3) is 0 Å². The van der Waals surface area contributed by atoms with E-state index in [9.17, 15) is 0 Å². The molecule has 0 spiro atoms. The van der Waals surface area contributed by atoms with E-state index in [1.165, 1.54) is 29.8 Å². The van der Waals surface area contributed by atoms with E-state index in [2.05, 4.69) is 21.7 Å². The number of aryl methyl sites for hydroxylation is 1. The third-order valence-electron chi connectivity index (χ3n) is 4.12. The highest BCUT2D eigenvalue weighted by Crippen LogP contribution is 2.27. The SMILES string of the molecule is COc1ccc(C(CN)n2cnc3c2CCCC3)cc1. The molecule has 0 radical (unpaired) electrons. The normalized spacial score (nSPS) is 15.7. The van der Waals surface area contributed by atoms with Crippen LogP contribution in [0, 0.1) is 0 Å². The molecule has 20 heavy (non-hydrogen) atoms. The molecule has 1 aromatic carbocycles. The fourth-order valence-corrected chi connectivity index (χ4v) is 3.00. The van der Waals surface area contributed by atoms with Crippen LogP contribution in [0.1, 0.15) is 35.8 Å². The number of hydrogen-bond acceptors (Lipinski definition) is 3. The van der Waals surface area contributed by atoms with Crippen molar-refractivity contribution in [2.24, 2.45) is 5.73 Å². The molecule has 0 saturated carbocycles. The van der Waals surface area contributed by atoms with Crippen molar-refractivity contribution in [2.75, 3.05) is 13.7 Å². The van der Waals surface area contributed by atoms with Crippen molar-refractivity contribution in [1.82, 2.24) is 9.55 Å². The molecule has 1 aliphatic carbocycles. The van der Waals surface area contributed by atoms with Gasteiger partial charge in [0.2, 0.25) is 0 Å². The summed E-state index contributed by atoms with van der Waals surface area (Å²) in [6, 6.07) is 8.31. The van der Waals surface area contributed by atoms with Crippen molar-refractivity contribution in [3.63, 3.8) is 0 Å². The molecule has 4 heteroatoms. The number of nitrogens with zero attached hydrogens (tertiary/aromatic N) is 2. The second-order valence-electron chi connectivity index (χ2n) is 5.28. The van der Waals surface area contributed by atoms with Gasteiger partial charge in [0.1, 0.15) is 5.75 Å². The predicted molar refractivity (Wildman–Crippen MR) is 79.1 cm³/mol. The number of aromatic nitrogens is 2. The number of benzene rings is 1. The smallest absolute Gasteiger partial charge is 0.118 e. The molecule has 4 nitrogen and oxygen atoms in total. The number of nitrogens with two attached hydrogens (primary N) is 1. The molecule has 0 fully saturated rings. The minimum absolute atomic E-state index is 0.162. The van der Waals surface area contributed by atoms with Crippen molar-refractivity contribution in [1.29, 1.82) is 0 Å². The number of ether oxygens (including phenoxy) is 1. The molecule has 1 atom stereocenters. The Morgan fingerprint density at radius 1 is 1.25 bits per heavy atom. The van der Waals surface area contributed by atoms with Crippen LogP contribution in [0.4, 0.5) is 0 Å². The first-order chi connectivity index (χ1) is 9.83. The van der Waals surface area contributed by atoms with Crippen LogP contribution in [0.3, 0.4) is 0 Å². The Morgan fingerprint density at radius 3 is 2.70 bits per heavy atom. The van der Waals surface area contributed by atoms with E-state index in [1.54, 1.807) is 7.11 Å². The number of rotatable bonds is 4. The second-order valence-corrected chi connectivity index (χ2v) is 5.28. The summed E-state index contributed by atoms with van der Waals surface area (Å²) < 4.78 is 7.47. The lowest BCUT2D eigenvalue weighted by molar-refractivity contribution is 0.414. The van der Waals surface area contributed by atoms with Crippen LogP contribution in [-0.2, 0) is 12.8 Å². The number of imidazole rings is 1. The molecule has 1 aliphatic rings. The van der Waals surface area contributed by atoms with E-state index in [0.717, 1.165) is 18.6 Å². The van der Waals surface area contributed by atoms with Gasteiger partial charge in [-0.3, -0.25) is 0 Å². The van der Waals surface area contributed by atoms with Gasteiger partial charge in [-0.05, 0) is 43.4 Å². The topological polar surface area (TPSA) is 53.1 Å². The molecule has 0 amide bonds. The van der Waals surface area contributed by atoms with Crippen molar-refractivity contribution in [3.8, 4) is 5.75 Å². The highest BCUT2D eigenvalue weighted by molar-refractivity contribution is 5.31. The van der Waals surface area contributed by atoms with E-state index < -0.39 is 0 Å². The fraction of sp³-hybridized carbons (Fsp3) is 0.438. The van der Waals surface area contributed by atoms with Gasteiger partial charge in [-0.25, -0.2) is 4.98 Å². The van der Waals surface area contributed by atoms with E-state index in [4.69, 9.17) is 10.5 Å². The molecule has 3 rings (SSSR count). The molecule has 1 unspecified atom stereocenters. The van der Waals surface area contributed by atoms with Crippen LogP contribution >= 0.6 is 0 Å². The Balaban J connectivity index is 1.94. The third-order valence-corrected chi connectivity index (χ3v) is 4.12.